The Bertz CT molecular complexity index is 213. The summed E-state index contributed by atoms with van der Waals surface area (Å²) in [6.07, 6.45) is 1.56. The van der Waals surface area contributed by atoms with Gasteiger partial charge in [-0.2, -0.15) is 0 Å². The fourth-order valence-corrected chi connectivity index (χ4v) is 2.37. The Morgan fingerprint density at radius 3 is 2.38 bits per heavy atom. The van der Waals surface area contributed by atoms with E-state index in [1.807, 2.05) is 0 Å². The van der Waals surface area contributed by atoms with E-state index in [1.165, 1.54) is 0 Å². The summed E-state index contributed by atoms with van der Waals surface area (Å²) < 4.78 is 4.86. The Balaban J connectivity index is 3.97. The molecule has 2 nitrogen and oxygen atoms in total. The van der Waals surface area contributed by atoms with E-state index in [1.54, 1.807) is 6.08 Å². The lowest BCUT2D eigenvalue weighted by Crippen LogP contribution is -2.23. The smallest absolute Gasteiger partial charge is 0.333 e. The standard InChI is InChI=1S/C10H18O2Si/c1-6-7-12-10(11)9(2)8-13(3,4)5/h6H,1-2,7-8H2,3-5H3. The topological polar surface area (TPSA) is 26.3 Å². The molecule has 0 bridgehead atoms. The molecule has 74 valence electrons. The number of carbonyl (C=O) groups excluding carboxylic acids is 1. The van der Waals surface area contributed by atoms with Crippen LogP contribution in [0.3, 0.4) is 0 Å². The first-order valence-electron chi connectivity index (χ1n) is 4.32. The van der Waals surface area contributed by atoms with Gasteiger partial charge in [0.2, 0.25) is 0 Å². The minimum atomic E-state index is -1.25. The van der Waals surface area contributed by atoms with Crippen molar-refractivity contribution < 1.29 is 9.53 Å². The van der Waals surface area contributed by atoms with Crippen LogP contribution in [0.5, 0.6) is 0 Å². The van der Waals surface area contributed by atoms with Gasteiger partial charge in [0.25, 0.3) is 0 Å². The Morgan fingerprint density at radius 1 is 1.46 bits per heavy atom. The van der Waals surface area contributed by atoms with Gasteiger partial charge in [0.05, 0.1) is 0 Å². The lowest BCUT2D eigenvalue weighted by molar-refractivity contribution is -0.137. The second-order valence-corrected chi connectivity index (χ2v) is 9.70. The molecule has 0 aliphatic heterocycles. The SMILES string of the molecule is C=CCOC(=O)C(=C)C[Si](C)(C)C. The summed E-state index contributed by atoms with van der Waals surface area (Å²) in [6, 6.07) is 0.795. The zero-order valence-electron chi connectivity index (χ0n) is 8.72. The highest BCUT2D eigenvalue weighted by Gasteiger charge is 2.19. The summed E-state index contributed by atoms with van der Waals surface area (Å²) in [4.78, 5) is 11.2. The van der Waals surface area contributed by atoms with E-state index in [4.69, 9.17) is 4.74 Å². The van der Waals surface area contributed by atoms with Crippen molar-refractivity contribution in [3.63, 3.8) is 0 Å². The highest BCUT2D eigenvalue weighted by atomic mass is 28.3. The fraction of sp³-hybridized carbons (Fsp3) is 0.500. The third kappa shape index (κ3) is 6.34. The zero-order valence-corrected chi connectivity index (χ0v) is 9.72. The maximum atomic E-state index is 11.2. The van der Waals surface area contributed by atoms with Crippen LogP contribution in [-0.4, -0.2) is 20.7 Å². The quantitative estimate of drug-likeness (QED) is 0.294. The van der Waals surface area contributed by atoms with Crippen molar-refractivity contribution >= 4 is 14.0 Å². The van der Waals surface area contributed by atoms with Crippen molar-refractivity contribution in [2.24, 2.45) is 0 Å². The predicted octanol–water partition coefficient (Wildman–Crippen LogP) is 2.61. The molecule has 0 rings (SSSR count). The first kappa shape index (κ1) is 12.2. The highest BCUT2D eigenvalue weighted by molar-refractivity contribution is 6.77. The Morgan fingerprint density at radius 2 is 2.00 bits per heavy atom. The molecule has 0 saturated carbocycles. The van der Waals surface area contributed by atoms with E-state index in [2.05, 4.69) is 32.8 Å². The second kappa shape index (κ2) is 5.02. The monoisotopic (exact) mass is 198 g/mol. The fourth-order valence-electron chi connectivity index (χ4n) is 0.949. The largest absolute Gasteiger partial charge is 0.458 e. The number of esters is 1. The molecule has 0 radical (unpaired) electrons. The van der Waals surface area contributed by atoms with Crippen LogP contribution in [0.4, 0.5) is 0 Å². The predicted molar refractivity (Wildman–Crippen MR) is 58.4 cm³/mol. The van der Waals surface area contributed by atoms with Crippen LogP contribution < -0.4 is 0 Å². The maximum absolute atomic E-state index is 11.2. The van der Waals surface area contributed by atoms with Gasteiger partial charge in [0.15, 0.2) is 0 Å². The van der Waals surface area contributed by atoms with Crippen LogP contribution >= 0.6 is 0 Å². The Hall–Kier alpha value is -0.833. The molecule has 0 aromatic heterocycles. The van der Waals surface area contributed by atoms with Crippen molar-refractivity contribution in [1.82, 2.24) is 0 Å². The van der Waals surface area contributed by atoms with Gasteiger partial charge >= 0.3 is 5.97 Å². The summed E-state index contributed by atoms with van der Waals surface area (Å²) in [5.41, 5.74) is 0.584. The molecule has 0 spiro atoms. The first-order valence-corrected chi connectivity index (χ1v) is 8.03. The molecule has 0 unspecified atom stereocenters. The van der Waals surface area contributed by atoms with Gasteiger partial charge < -0.3 is 4.74 Å². The molecule has 0 amide bonds. The summed E-state index contributed by atoms with van der Waals surface area (Å²) in [6.45, 7) is 14.0. The molecule has 0 N–H and O–H groups in total. The molecule has 0 aliphatic carbocycles. The summed E-state index contributed by atoms with van der Waals surface area (Å²) in [5.74, 6) is -0.290. The molecule has 0 aromatic carbocycles. The highest BCUT2D eigenvalue weighted by Crippen LogP contribution is 2.15. The van der Waals surface area contributed by atoms with Gasteiger partial charge in [-0.05, 0) is 6.04 Å². The molecule has 0 aliphatic rings. The molecule has 13 heavy (non-hydrogen) atoms. The van der Waals surface area contributed by atoms with Gasteiger partial charge in [-0.15, -0.1) is 0 Å². The molecule has 0 aromatic rings. The van der Waals surface area contributed by atoms with E-state index in [9.17, 15) is 4.79 Å². The average Bonchev–Trinajstić information content (AvgIpc) is 1.96. The van der Waals surface area contributed by atoms with Crippen LogP contribution in [0.2, 0.25) is 25.7 Å². The summed E-state index contributed by atoms with van der Waals surface area (Å²) >= 11 is 0. The van der Waals surface area contributed by atoms with Crippen molar-refractivity contribution in [2.45, 2.75) is 25.7 Å². The van der Waals surface area contributed by atoms with Crippen LogP contribution in [0.1, 0.15) is 0 Å². The Labute approximate surface area is 81.3 Å². The van der Waals surface area contributed by atoms with Gasteiger partial charge in [-0.25, -0.2) is 4.79 Å². The molecule has 0 saturated heterocycles. The van der Waals surface area contributed by atoms with Gasteiger partial charge in [-0.3, -0.25) is 0 Å². The van der Waals surface area contributed by atoms with E-state index in [-0.39, 0.29) is 12.6 Å². The van der Waals surface area contributed by atoms with Crippen LogP contribution in [0.25, 0.3) is 0 Å². The zero-order chi connectivity index (χ0) is 10.5. The minimum absolute atomic E-state index is 0.267. The number of rotatable bonds is 5. The van der Waals surface area contributed by atoms with Gasteiger partial charge in [-0.1, -0.05) is 38.9 Å². The van der Waals surface area contributed by atoms with Crippen molar-refractivity contribution in [3.8, 4) is 0 Å². The van der Waals surface area contributed by atoms with Gasteiger partial charge in [0, 0.05) is 13.6 Å². The number of hydrogen-bond donors (Lipinski definition) is 0. The molecular formula is C10H18O2Si. The molecule has 3 heteroatoms. The average molecular weight is 198 g/mol. The lowest BCUT2D eigenvalue weighted by Gasteiger charge is -2.16. The summed E-state index contributed by atoms with van der Waals surface area (Å²) in [7, 11) is -1.25. The lowest BCUT2D eigenvalue weighted by atomic mass is 10.3. The van der Waals surface area contributed by atoms with Gasteiger partial charge in [0.1, 0.15) is 6.61 Å². The van der Waals surface area contributed by atoms with Crippen molar-refractivity contribution in [2.75, 3.05) is 6.61 Å². The van der Waals surface area contributed by atoms with Crippen molar-refractivity contribution in [1.29, 1.82) is 0 Å². The maximum Gasteiger partial charge on any atom is 0.333 e. The molecule has 0 atom stereocenters. The molecule has 0 heterocycles. The molecular weight excluding hydrogens is 180 g/mol. The third-order valence-corrected chi connectivity index (χ3v) is 2.85. The van der Waals surface area contributed by atoms with Crippen LogP contribution in [0, 0.1) is 0 Å². The third-order valence-electron chi connectivity index (χ3n) is 1.36. The van der Waals surface area contributed by atoms with Crippen LogP contribution in [0.15, 0.2) is 24.8 Å². The number of carbonyl (C=O) groups is 1. The number of ether oxygens (including phenoxy) is 1. The van der Waals surface area contributed by atoms with E-state index >= 15 is 0 Å². The molecule has 0 fully saturated rings. The minimum Gasteiger partial charge on any atom is -0.458 e. The summed E-state index contributed by atoms with van der Waals surface area (Å²) in [5, 5.41) is 0. The van der Waals surface area contributed by atoms with Crippen LogP contribution in [-0.2, 0) is 9.53 Å². The first-order chi connectivity index (χ1) is 5.87. The van der Waals surface area contributed by atoms with E-state index in [0.717, 1.165) is 6.04 Å². The second-order valence-electron chi connectivity index (χ2n) is 4.23. The van der Waals surface area contributed by atoms with Crippen molar-refractivity contribution in [3.05, 3.63) is 24.8 Å². The Kier molecular flexibility index (Phi) is 4.70. The number of hydrogen-bond acceptors (Lipinski definition) is 2. The van der Waals surface area contributed by atoms with E-state index < -0.39 is 8.07 Å². The van der Waals surface area contributed by atoms with E-state index in [0.29, 0.717) is 5.57 Å². The normalized spacial score (nSPS) is 10.7.